The number of hydrogen-bond donors (Lipinski definition) is 1. The minimum absolute atomic E-state index is 0. The number of hydrogen-bond acceptors (Lipinski definition) is 4. The molecule has 2 amide bonds. The number of carbonyl (C=O) groups excluding carboxylic acids is 2. The number of alkyl carbamates (subject to hydrolysis) is 1. The lowest BCUT2D eigenvalue weighted by Crippen LogP contribution is -2.55. The van der Waals surface area contributed by atoms with Crippen molar-refractivity contribution in [3.8, 4) is 0 Å². The predicted molar refractivity (Wildman–Crippen MR) is 136 cm³/mol. The molecule has 2 aromatic carbocycles. The summed E-state index contributed by atoms with van der Waals surface area (Å²) in [5, 5.41) is 2.84. The molecule has 6 nitrogen and oxygen atoms in total. The molecule has 0 bridgehead atoms. The minimum atomic E-state index is -0.777. The summed E-state index contributed by atoms with van der Waals surface area (Å²) < 4.78 is 5.43. The zero-order chi connectivity index (χ0) is 23.0. The van der Waals surface area contributed by atoms with Crippen LogP contribution in [-0.2, 0) is 16.1 Å². The van der Waals surface area contributed by atoms with E-state index < -0.39 is 12.1 Å². The van der Waals surface area contributed by atoms with E-state index in [0.29, 0.717) is 6.04 Å². The zero-order valence-electron chi connectivity index (χ0n) is 19.9. The van der Waals surface area contributed by atoms with Crippen molar-refractivity contribution < 1.29 is 14.3 Å². The van der Waals surface area contributed by atoms with E-state index in [0.717, 1.165) is 43.5 Å². The lowest BCUT2D eigenvalue weighted by atomic mass is 9.87. The normalized spacial score (nSPS) is 21.2. The molecule has 3 atom stereocenters. The van der Waals surface area contributed by atoms with Gasteiger partial charge in [-0.05, 0) is 49.9 Å². The van der Waals surface area contributed by atoms with Crippen LogP contribution in [0, 0.1) is 0 Å². The Morgan fingerprint density at radius 2 is 1.59 bits per heavy atom. The van der Waals surface area contributed by atoms with Crippen molar-refractivity contribution in [2.24, 2.45) is 0 Å². The van der Waals surface area contributed by atoms with Crippen LogP contribution in [0.25, 0.3) is 0 Å². The number of carbonyl (C=O) groups is 2. The van der Waals surface area contributed by atoms with Crippen molar-refractivity contribution >= 4 is 24.4 Å². The van der Waals surface area contributed by atoms with Crippen molar-refractivity contribution in [2.45, 2.75) is 63.3 Å². The Hall–Kier alpha value is -2.57. The SMILES string of the molecule is CN(C(=O)[C@H](NC(=O)OCc1ccccc1)c1ccccc1)C1CCCCC1N1CCCC1.Cl. The van der Waals surface area contributed by atoms with Gasteiger partial charge in [0.15, 0.2) is 0 Å². The van der Waals surface area contributed by atoms with E-state index in [1.165, 1.54) is 19.3 Å². The number of rotatable bonds is 7. The highest BCUT2D eigenvalue weighted by atomic mass is 35.5. The van der Waals surface area contributed by atoms with Crippen molar-refractivity contribution in [3.63, 3.8) is 0 Å². The molecule has 0 aromatic heterocycles. The Bertz CT molecular complexity index is 906. The van der Waals surface area contributed by atoms with Gasteiger partial charge in [-0.1, -0.05) is 73.5 Å². The molecule has 1 N–H and O–H groups in total. The molecule has 4 rings (SSSR count). The summed E-state index contributed by atoms with van der Waals surface area (Å²) in [4.78, 5) is 30.9. The Balaban J connectivity index is 0.00000324. The fourth-order valence-electron chi connectivity index (χ4n) is 5.23. The quantitative estimate of drug-likeness (QED) is 0.603. The monoisotopic (exact) mass is 485 g/mol. The van der Waals surface area contributed by atoms with Gasteiger partial charge in [0.05, 0.1) is 0 Å². The summed E-state index contributed by atoms with van der Waals surface area (Å²) >= 11 is 0. The Kier molecular flexibility index (Phi) is 9.78. The van der Waals surface area contributed by atoms with Crippen LogP contribution < -0.4 is 5.32 Å². The van der Waals surface area contributed by atoms with E-state index in [4.69, 9.17) is 4.74 Å². The molecule has 2 fully saturated rings. The average molecular weight is 486 g/mol. The highest BCUT2D eigenvalue weighted by Gasteiger charge is 2.38. The first-order valence-corrected chi connectivity index (χ1v) is 12.2. The fourth-order valence-corrected chi connectivity index (χ4v) is 5.23. The van der Waals surface area contributed by atoms with E-state index in [9.17, 15) is 9.59 Å². The number of ether oxygens (including phenoxy) is 1. The van der Waals surface area contributed by atoms with E-state index in [1.54, 1.807) is 0 Å². The van der Waals surface area contributed by atoms with Crippen LogP contribution in [-0.4, -0.2) is 54.0 Å². The van der Waals surface area contributed by atoms with Crippen molar-refractivity contribution in [3.05, 3.63) is 71.8 Å². The topological polar surface area (TPSA) is 61.9 Å². The molecule has 2 unspecified atom stereocenters. The first-order chi connectivity index (χ1) is 16.1. The molecule has 7 heteroatoms. The van der Waals surface area contributed by atoms with Gasteiger partial charge < -0.3 is 15.0 Å². The average Bonchev–Trinajstić information content (AvgIpc) is 3.41. The maximum absolute atomic E-state index is 13.8. The maximum atomic E-state index is 13.8. The first kappa shape index (κ1) is 26.0. The smallest absolute Gasteiger partial charge is 0.408 e. The predicted octanol–water partition coefficient (Wildman–Crippen LogP) is 4.94. The highest BCUT2D eigenvalue weighted by Crippen LogP contribution is 2.30. The second kappa shape index (κ2) is 12.8. The van der Waals surface area contributed by atoms with Crippen LogP contribution >= 0.6 is 12.4 Å². The first-order valence-electron chi connectivity index (χ1n) is 12.2. The summed E-state index contributed by atoms with van der Waals surface area (Å²) in [5.74, 6) is -0.0889. The number of likely N-dealkylation sites (tertiary alicyclic amines) is 1. The molecule has 1 aliphatic carbocycles. The molecule has 0 spiro atoms. The second-order valence-electron chi connectivity index (χ2n) is 9.16. The minimum Gasteiger partial charge on any atom is -0.445 e. The number of amides is 2. The van der Waals surface area contributed by atoms with Crippen molar-refractivity contribution in [1.29, 1.82) is 0 Å². The molecule has 2 aromatic rings. The Morgan fingerprint density at radius 3 is 2.26 bits per heavy atom. The lowest BCUT2D eigenvalue weighted by molar-refractivity contribution is -0.136. The largest absolute Gasteiger partial charge is 0.445 e. The van der Waals surface area contributed by atoms with Crippen LogP contribution in [0.15, 0.2) is 60.7 Å². The van der Waals surface area contributed by atoms with E-state index >= 15 is 0 Å². The van der Waals surface area contributed by atoms with Crippen LogP contribution in [0.5, 0.6) is 0 Å². The summed E-state index contributed by atoms with van der Waals surface area (Å²) in [5.41, 5.74) is 1.67. The summed E-state index contributed by atoms with van der Waals surface area (Å²) in [6.45, 7) is 2.41. The number of nitrogens with zero attached hydrogens (tertiary/aromatic N) is 2. The van der Waals surface area contributed by atoms with Crippen molar-refractivity contribution in [1.82, 2.24) is 15.1 Å². The Morgan fingerprint density at radius 1 is 0.971 bits per heavy atom. The third-order valence-electron chi connectivity index (χ3n) is 7.00. The van der Waals surface area contributed by atoms with Gasteiger partial charge in [-0.2, -0.15) is 0 Å². The van der Waals surface area contributed by atoms with Gasteiger partial charge >= 0.3 is 6.09 Å². The molecular formula is C27H36ClN3O3. The third kappa shape index (κ3) is 6.51. The second-order valence-corrected chi connectivity index (χ2v) is 9.16. The van der Waals surface area contributed by atoms with E-state index in [2.05, 4.69) is 10.2 Å². The van der Waals surface area contributed by atoms with Gasteiger partial charge in [-0.25, -0.2) is 4.79 Å². The lowest BCUT2D eigenvalue weighted by Gasteiger charge is -2.43. The van der Waals surface area contributed by atoms with Gasteiger partial charge in [0.1, 0.15) is 12.6 Å². The summed E-state index contributed by atoms with van der Waals surface area (Å²) in [6, 6.07) is 18.8. The third-order valence-corrected chi connectivity index (χ3v) is 7.00. The van der Waals surface area contributed by atoms with Gasteiger partial charge in [-0.3, -0.25) is 9.69 Å². The number of benzene rings is 2. The fraction of sp³-hybridized carbons (Fsp3) is 0.481. The van der Waals surface area contributed by atoms with Crippen LogP contribution in [0.2, 0.25) is 0 Å². The van der Waals surface area contributed by atoms with Gasteiger partial charge in [0.25, 0.3) is 0 Å². The number of halogens is 1. The summed E-state index contributed by atoms with van der Waals surface area (Å²) in [6.07, 6.45) is 6.37. The van der Waals surface area contributed by atoms with Gasteiger partial charge in [0, 0.05) is 19.1 Å². The van der Waals surface area contributed by atoms with E-state index in [1.807, 2.05) is 72.6 Å². The van der Waals surface area contributed by atoms with Crippen LogP contribution in [0.3, 0.4) is 0 Å². The van der Waals surface area contributed by atoms with Crippen LogP contribution in [0.4, 0.5) is 4.79 Å². The standard InChI is InChI=1S/C27H35N3O3.ClH/c1-29(23-16-8-9-17-24(23)30-18-10-11-19-30)26(31)25(22-14-6-3-7-15-22)28-27(32)33-20-21-12-4-2-5-13-21;/h2-7,12-15,23-25H,8-11,16-20H2,1H3,(H,28,32);1H/t23?,24?,25-;/m1./s1. The summed E-state index contributed by atoms with van der Waals surface area (Å²) in [7, 11) is 1.90. The van der Waals surface area contributed by atoms with Gasteiger partial charge in [-0.15, -0.1) is 12.4 Å². The number of nitrogens with one attached hydrogen (secondary N) is 1. The van der Waals surface area contributed by atoms with Crippen molar-refractivity contribution in [2.75, 3.05) is 20.1 Å². The molecule has 2 aliphatic rings. The molecule has 0 radical (unpaired) electrons. The number of likely N-dealkylation sites (N-methyl/N-ethyl adjacent to an activating group) is 1. The van der Waals surface area contributed by atoms with E-state index in [-0.39, 0.29) is 31.0 Å². The molecule has 34 heavy (non-hydrogen) atoms. The molecule has 1 saturated heterocycles. The molecule has 184 valence electrons. The molecule has 1 heterocycles. The Labute approximate surface area is 209 Å². The molecule has 1 aliphatic heterocycles. The zero-order valence-corrected chi connectivity index (χ0v) is 20.7. The van der Waals surface area contributed by atoms with Crippen LogP contribution in [0.1, 0.15) is 55.7 Å². The molecule has 1 saturated carbocycles. The van der Waals surface area contributed by atoms with Gasteiger partial charge in [0.2, 0.25) is 5.91 Å². The molecular weight excluding hydrogens is 450 g/mol. The highest BCUT2D eigenvalue weighted by molar-refractivity contribution is 5.87. The maximum Gasteiger partial charge on any atom is 0.408 e.